The summed E-state index contributed by atoms with van der Waals surface area (Å²) in [5, 5.41) is 10.8. The first kappa shape index (κ1) is 24.6. The van der Waals surface area contributed by atoms with Crippen LogP contribution in [0.1, 0.15) is 94.9 Å². The zero-order valence-electron chi connectivity index (χ0n) is 19.3. The summed E-state index contributed by atoms with van der Waals surface area (Å²) in [4.78, 5) is 0.288. The van der Waals surface area contributed by atoms with E-state index < -0.39 is 15.7 Å². The lowest BCUT2D eigenvalue weighted by Crippen LogP contribution is -2.24. The predicted octanol–water partition coefficient (Wildman–Crippen LogP) is 6.06. The molecule has 0 saturated heterocycles. The van der Waals surface area contributed by atoms with Gasteiger partial charge in [-0.05, 0) is 46.9 Å². The third kappa shape index (κ3) is 5.71. The highest BCUT2D eigenvalue weighted by atomic mass is 32.2. The van der Waals surface area contributed by atoms with Crippen LogP contribution >= 0.6 is 0 Å². The Labute approximate surface area is 182 Å². The summed E-state index contributed by atoms with van der Waals surface area (Å²) in [6.07, 6.45) is 0.175. The maximum absolute atomic E-state index is 13.3. The lowest BCUT2D eigenvalue weighted by atomic mass is 9.89. The molecule has 0 radical (unpaired) electrons. The average molecular weight is 433 g/mol. The van der Waals surface area contributed by atoms with Crippen LogP contribution in [0.15, 0.2) is 47.4 Å². The first-order valence-electron chi connectivity index (χ1n) is 10.7. The average Bonchev–Trinajstić information content (AvgIpc) is 2.67. The molecule has 0 aliphatic carbocycles. The molecule has 30 heavy (non-hydrogen) atoms. The van der Waals surface area contributed by atoms with Crippen LogP contribution in [0.25, 0.3) is 0 Å². The normalized spacial score (nSPS) is 14.5. The van der Waals surface area contributed by atoms with Gasteiger partial charge in [-0.3, -0.25) is 4.18 Å². The first-order chi connectivity index (χ1) is 13.9. The Balaban J connectivity index is 2.37. The molecule has 0 aliphatic rings. The molecule has 2 aromatic carbocycles. The van der Waals surface area contributed by atoms with Crippen molar-refractivity contribution in [2.45, 2.75) is 83.1 Å². The van der Waals surface area contributed by atoms with Crippen molar-refractivity contribution in [3.05, 3.63) is 64.7 Å². The van der Waals surface area contributed by atoms with E-state index >= 15 is 0 Å². The van der Waals surface area contributed by atoms with E-state index in [1.54, 1.807) is 6.92 Å². The summed E-state index contributed by atoms with van der Waals surface area (Å²) >= 11 is 0. The van der Waals surface area contributed by atoms with Crippen LogP contribution in [0.2, 0.25) is 0 Å². The minimum atomic E-state index is -3.97. The zero-order chi connectivity index (χ0) is 22.7. The zero-order valence-corrected chi connectivity index (χ0v) is 20.1. The molecular formula is C25H36O4S. The van der Waals surface area contributed by atoms with Gasteiger partial charge in [0.2, 0.25) is 0 Å². The molecular weight excluding hydrogens is 396 g/mol. The van der Waals surface area contributed by atoms with Crippen LogP contribution in [-0.2, 0) is 19.9 Å². The maximum atomic E-state index is 13.3. The fourth-order valence-corrected chi connectivity index (χ4v) is 5.12. The highest BCUT2D eigenvalue weighted by molar-refractivity contribution is 7.86. The van der Waals surface area contributed by atoms with Gasteiger partial charge in [0.25, 0.3) is 10.1 Å². The molecule has 1 atom stereocenters. The van der Waals surface area contributed by atoms with Crippen molar-refractivity contribution >= 4 is 10.1 Å². The standard InChI is InChI=1S/C25H36O4S/c1-17(2)20-15-22(18(3)4)24(23(16-20)19(5)6)30(27,28)29-14-13-25(7,26)21-11-9-8-10-12-21/h8-12,15-19,26H,13-14H2,1-7H3. The molecule has 0 amide bonds. The summed E-state index contributed by atoms with van der Waals surface area (Å²) in [5.41, 5.74) is 2.28. The van der Waals surface area contributed by atoms with E-state index in [0.29, 0.717) is 5.92 Å². The number of aliphatic hydroxyl groups is 1. The first-order valence-corrected chi connectivity index (χ1v) is 12.1. The fourth-order valence-electron chi connectivity index (χ4n) is 3.53. The lowest BCUT2D eigenvalue weighted by Gasteiger charge is -2.25. The Morgan fingerprint density at radius 3 is 1.83 bits per heavy atom. The molecule has 1 N–H and O–H groups in total. The van der Waals surface area contributed by atoms with Gasteiger partial charge in [0, 0.05) is 6.42 Å². The van der Waals surface area contributed by atoms with E-state index in [2.05, 4.69) is 13.8 Å². The van der Waals surface area contributed by atoms with Gasteiger partial charge in [-0.2, -0.15) is 8.42 Å². The third-order valence-electron chi connectivity index (χ3n) is 5.55. The molecule has 0 fully saturated rings. The Hall–Kier alpha value is -1.69. The van der Waals surface area contributed by atoms with Gasteiger partial charge >= 0.3 is 0 Å². The highest BCUT2D eigenvalue weighted by Gasteiger charge is 2.29. The number of rotatable bonds is 9. The Kier molecular flexibility index (Phi) is 7.89. The monoisotopic (exact) mass is 432 g/mol. The molecule has 166 valence electrons. The number of hydrogen-bond acceptors (Lipinski definition) is 4. The molecule has 0 bridgehead atoms. The number of benzene rings is 2. The molecule has 4 nitrogen and oxygen atoms in total. The van der Waals surface area contributed by atoms with E-state index in [1.165, 1.54) is 0 Å². The van der Waals surface area contributed by atoms with Crippen LogP contribution in [0.5, 0.6) is 0 Å². The van der Waals surface area contributed by atoms with Crippen LogP contribution in [0.4, 0.5) is 0 Å². The van der Waals surface area contributed by atoms with Crippen LogP contribution in [0, 0.1) is 0 Å². The van der Waals surface area contributed by atoms with Crippen molar-refractivity contribution in [1.82, 2.24) is 0 Å². The van der Waals surface area contributed by atoms with Gasteiger partial charge in [0.1, 0.15) is 4.90 Å². The predicted molar refractivity (Wildman–Crippen MR) is 122 cm³/mol. The van der Waals surface area contributed by atoms with E-state index in [-0.39, 0.29) is 29.8 Å². The highest BCUT2D eigenvalue weighted by Crippen LogP contribution is 2.36. The molecule has 0 aliphatic heterocycles. The second-order valence-electron chi connectivity index (χ2n) is 9.16. The van der Waals surface area contributed by atoms with Gasteiger partial charge in [0.05, 0.1) is 12.2 Å². The topological polar surface area (TPSA) is 63.6 Å². The van der Waals surface area contributed by atoms with Gasteiger partial charge in [-0.25, -0.2) is 0 Å². The third-order valence-corrected chi connectivity index (χ3v) is 7.00. The minimum absolute atomic E-state index is 0.0435. The fraction of sp³-hybridized carbons (Fsp3) is 0.520. The molecule has 0 spiro atoms. The summed E-state index contributed by atoms with van der Waals surface area (Å²) < 4.78 is 32.0. The molecule has 0 aromatic heterocycles. The molecule has 0 saturated carbocycles. The second kappa shape index (κ2) is 9.63. The van der Waals surface area contributed by atoms with Gasteiger partial charge < -0.3 is 5.11 Å². The van der Waals surface area contributed by atoms with Crippen molar-refractivity contribution in [3.63, 3.8) is 0 Å². The smallest absolute Gasteiger partial charge is 0.297 e. The number of hydrogen-bond donors (Lipinski definition) is 1. The Morgan fingerprint density at radius 1 is 0.900 bits per heavy atom. The summed E-state index contributed by atoms with van der Waals surface area (Å²) in [6.45, 7) is 13.8. The van der Waals surface area contributed by atoms with Gasteiger partial charge in [-0.15, -0.1) is 0 Å². The van der Waals surface area contributed by atoms with Crippen molar-refractivity contribution in [2.75, 3.05) is 6.61 Å². The minimum Gasteiger partial charge on any atom is -0.385 e. The van der Waals surface area contributed by atoms with E-state index in [0.717, 1.165) is 22.3 Å². The van der Waals surface area contributed by atoms with Crippen molar-refractivity contribution < 1.29 is 17.7 Å². The molecule has 2 aromatic rings. The quantitative estimate of drug-likeness (QED) is 0.489. The van der Waals surface area contributed by atoms with E-state index in [4.69, 9.17) is 4.18 Å². The Bertz CT molecular complexity index is 913. The Morgan fingerprint density at radius 2 is 1.40 bits per heavy atom. The van der Waals surface area contributed by atoms with Crippen molar-refractivity contribution in [1.29, 1.82) is 0 Å². The van der Waals surface area contributed by atoms with Crippen LogP contribution in [-0.4, -0.2) is 20.1 Å². The molecule has 1 unspecified atom stereocenters. The van der Waals surface area contributed by atoms with Crippen molar-refractivity contribution in [2.24, 2.45) is 0 Å². The van der Waals surface area contributed by atoms with Crippen LogP contribution in [0.3, 0.4) is 0 Å². The maximum Gasteiger partial charge on any atom is 0.297 e. The molecule has 5 heteroatoms. The molecule has 0 heterocycles. The summed E-state index contributed by atoms with van der Waals surface area (Å²) in [6, 6.07) is 13.2. The SMILES string of the molecule is CC(C)c1cc(C(C)C)c(S(=O)(=O)OCCC(C)(O)c2ccccc2)c(C(C)C)c1. The van der Waals surface area contributed by atoms with Crippen molar-refractivity contribution in [3.8, 4) is 0 Å². The molecule has 2 rings (SSSR count). The second-order valence-corrected chi connectivity index (χ2v) is 10.7. The van der Waals surface area contributed by atoms with Crippen LogP contribution < -0.4 is 0 Å². The summed E-state index contributed by atoms with van der Waals surface area (Å²) in [7, 11) is -3.97. The summed E-state index contributed by atoms with van der Waals surface area (Å²) in [5.74, 6) is 0.391. The lowest BCUT2D eigenvalue weighted by molar-refractivity contribution is 0.0343. The van der Waals surface area contributed by atoms with E-state index in [1.807, 2.05) is 70.2 Å². The van der Waals surface area contributed by atoms with Gasteiger partial charge in [-0.1, -0.05) is 84.0 Å². The van der Waals surface area contributed by atoms with E-state index in [9.17, 15) is 13.5 Å². The van der Waals surface area contributed by atoms with Gasteiger partial charge in [0.15, 0.2) is 0 Å². The largest absolute Gasteiger partial charge is 0.385 e.